The topological polar surface area (TPSA) is 58.9 Å². The number of carbonyl (C=O) groups is 1. The van der Waals surface area contributed by atoms with Crippen LogP contribution < -0.4 is 0 Å². The molecular weight excluding hydrogens is 134 g/mol. The highest BCUT2D eigenvalue weighted by Gasteiger charge is 2.07. The Morgan fingerprint density at radius 3 is 3.10 bits per heavy atom. The Labute approximate surface area is 57.1 Å². The molecule has 52 valence electrons. The first-order chi connectivity index (χ1) is 4.80. The van der Waals surface area contributed by atoms with Crippen molar-refractivity contribution in [3.8, 4) is 0 Å². The molecule has 1 aliphatic heterocycles. The smallest absolute Gasteiger partial charge is 0.374 e. The quantitative estimate of drug-likeness (QED) is 0.576. The van der Waals surface area contributed by atoms with Gasteiger partial charge < -0.3 is 9.94 Å². The Bertz CT molecular complexity index is 227. The van der Waals surface area contributed by atoms with Gasteiger partial charge in [0.2, 0.25) is 5.76 Å². The molecule has 0 aromatic rings. The highest BCUT2D eigenvalue weighted by Crippen LogP contribution is 2.00. The summed E-state index contributed by atoms with van der Waals surface area (Å²) < 4.78 is 0. The second-order valence-electron chi connectivity index (χ2n) is 1.57. The van der Waals surface area contributed by atoms with Crippen LogP contribution in [0.25, 0.3) is 0 Å². The molecule has 0 saturated carbocycles. The molecule has 0 saturated heterocycles. The van der Waals surface area contributed by atoms with Crippen LogP contribution in [-0.2, 0) is 9.63 Å². The Balaban J connectivity index is 2.78. The van der Waals surface area contributed by atoms with Gasteiger partial charge in [-0.3, -0.25) is 0 Å². The number of oxime groups is 1. The van der Waals surface area contributed by atoms with E-state index in [4.69, 9.17) is 5.11 Å². The van der Waals surface area contributed by atoms with Gasteiger partial charge in [0.1, 0.15) is 0 Å². The van der Waals surface area contributed by atoms with Crippen LogP contribution in [0.3, 0.4) is 0 Å². The lowest BCUT2D eigenvalue weighted by atomic mass is 10.4. The molecular formula is C6H5NO3. The maximum absolute atomic E-state index is 10.2. The molecule has 0 bridgehead atoms. The number of rotatable bonds is 1. The molecule has 1 heterocycles. The summed E-state index contributed by atoms with van der Waals surface area (Å²) in [6.45, 7) is 0. The summed E-state index contributed by atoms with van der Waals surface area (Å²) >= 11 is 0. The number of hydrogen-bond acceptors (Lipinski definition) is 3. The monoisotopic (exact) mass is 139 g/mol. The Kier molecular flexibility index (Phi) is 1.84. The first kappa shape index (κ1) is 6.54. The number of nitrogens with zero attached hydrogens (tertiary/aromatic N) is 1. The molecule has 4 heteroatoms. The summed E-state index contributed by atoms with van der Waals surface area (Å²) in [7, 11) is 0. The fourth-order valence-corrected chi connectivity index (χ4v) is 0.456. The lowest BCUT2D eigenvalue weighted by Crippen LogP contribution is -2.00. The first-order valence-corrected chi connectivity index (χ1v) is 2.61. The largest absolute Gasteiger partial charge is 0.475 e. The van der Waals surface area contributed by atoms with E-state index >= 15 is 0 Å². The molecule has 0 radical (unpaired) electrons. The standard InChI is InChI=1S/C6H5NO3/c8-6(9)5-3-1-2-4-7-10-5/h1-4H,(H,8,9). The van der Waals surface area contributed by atoms with E-state index in [1.165, 1.54) is 12.3 Å². The Hall–Kier alpha value is -1.58. The molecule has 0 spiro atoms. The molecule has 10 heavy (non-hydrogen) atoms. The minimum absolute atomic E-state index is 0.176. The van der Waals surface area contributed by atoms with Crippen LogP contribution in [0.1, 0.15) is 0 Å². The minimum Gasteiger partial charge on any atom is -0.475 e. The fourth-order valence-electron chi connectivity index (χ4n) is 0.456. The van der Waals surface area contributed by atoms with Crippen molar-refractivity contribution in [2.45, 2.75) is 0 Å². The summed E-state index contributed by atoms with van der Waals surface area (Å²) in [6.07, 6.45) is 5.82. The summed E-state index contributed by atoms with van der Waals surface area (Å²) in [5.74, 6) is -1.30. The van der Waals surface area contributed by atoms with Gasteiger partial charge in [0.05, 0.1) is 6.21 Å². The van der Waals surface area contributed by atoms with Crippen LogP contribution in [0.2, 0.25) is 0 Å². The Morgan fingerprint density at radius 2 is 2.40 bits per heavy atom. The van der Waals surface area contributed by atoms with E-state index in [-0.39, 0.29) is 5.76 Å². The summed E-state index contributed by atoms with van der Waals surface area (Å²) in [6, 6.07) is 0. The van der Waals surface area contributed by atoms with Gasteiger partial charge >= 0.3 is 5.97 Å². The van der Waals surface area contributed by atoms with E-state index in [2.05, 4.69) is 9.99 Å². The van der Waals surface area contributed by atoms with Crippen LogP contribution >= 0.6 is 0 Å². The maximum Gasteiger partial charge on any atom is 0.374 e. The van der Waals surface area contributed by atoms with Gasteiger partial charge in [-0.1, -0.05) is 11.2 Å². The van der Waals surface area contributed by atoms with E-state index in [1.54, 1.807) is 12.2 Å². The summed E-state index contributed by atoms with van der Waals surface area (Å²) in [4.78, 5) is 14.6. The van der Waals surface area contributed by atoms with Crippen molar-refractivity contribution in [3.63, 3.8) is 0 Å². The van der Waals surface area contributed by atoms with E-state index < -0.39 is 5.97 Å². The molecule has 0 aromatic carbocycles. The molecule has 0 fully saturated rings. The summed E-state index contributed by atoms with van der Waals surface area (Å²) in [5, 5.41) is 11.7. The van der Waals surface area contributed by atoms with Crippen molar-refractivity contribution in [3.05, 3.63) is 24.0 Å². The number of carboxylic acids is 1. The zero-order valence-electron chi connectivity index (χ0n) is 5.02. The van der Waals surface area contributed by atoms with E-state index in [0.717, 1.165) is 0 Å². The number of allylic oxidation sites excluding steroid dienone is 3. The average molecular weight is 139 g/mol. The summed E-state index contributed by atoms with van der Waals surface area (Å²) in [5.41, 5.74) is 0. The normalized spacial score (nSPS) is 15.4. The van der Waals surface area contributed by atoms with Gasteiger partial charge in [0.25, 0.3) is 0 Å². The van der Waals surface area contributed by atoms with Gasteiger partial charge in [-0.05, 0) is 12.2 Å². The predicted molar refractivity (Wildman–Crippen MR) is 34.4 cm³/mol. The third kappa shape index (κ3) is 1.45. The molecule has 0 unspecified atom stereocenters. The molecule has 1 N–H and O–H groups in total. The molecule has 4 nitrogen and oxygen atoms in total. The van der Waals surface area contributed by atoms with Gasteiger partial charge in [0, 0.05) is 0 Å². The zero-order chi connectivity index (χ0) is 7.40. The van der Waals surface area contributed by atoms with Crippen LogP contribution in [0.5, 0.6) is 0 Å². The van der Waals surface area contributed by atoms with E-state index in [1.807, 2.05) is 0 Å². The Morgan fingerprint density at radius 1 is 1.60 bits per heavy atom. The molecule has 0 amide bonds. The SMILES string of the molecule is O=C(O)C1=CC=CC=NO1. The third-order valence-electron chi connectivity index (χ3n) is 0.867. The highest BCUT2D eigenvalue weighted by atomic mass is 16.6. The highest BCUT2D eigenvalue weighted by molar-refractivity contribution is 5.85. The second-order valence-corrected chi connectivity index (χ2v) is 1.57. The molecule has 0 atom stereocenters. The molecule has 1 rings (SSSR count). The lowest BCUT2D eigenvalue weighted by molar-refractivity contribution is -0.136. The van der Waals surface area contributed by atoms with Crippen LogP contribution in [0.4, 0.5) is 0 Å². The maximum atomic E-state index is 10.2. The van der Waals surface area contributed by atoms with Crippen molar-refractivity contribution in [1.82, 2.24) is 0 Å². The van der Waals surface area contributed by atoms with Crippen molar-refractivity contribution in [2.24, 2.45) is 5.16 Å². The third-order valence-corrected chi connectivity index (χ3v) is 0.867. The molecule has 0 aliphatic carbocycles. The van der Waals surface area contributed by atoms with Crippen molar-refractivity contribution < 1.29 is 14.7 Å². The molecule has 0 aromatic heterocycles. The minimum atomic E-state index is -1.12. The number of hydrogen-bond donors (Lipinski definition) is 1. The van der Waals surface area contributed by atoms with Crippen molar-refractivity contribution >= 4 is 12.2 Å². The van der Waals surface area contributed by atoms with Crippen LogP contribution in [0, 0.1) is 0 Å². The second kappa shape index (κ2) is 2.82. The van der Waals surface area contributed by atoms with E-state index in [9.17, 15) is 4.79 Å². The average Bonchev–Trinajstić information content (AvgIpc) is 2.12. The number of aliphatic carboxylic acids is 1. The predicted octanol–water partition coefficient (Wildman–Crippen LogP) is 0.527. The van der Waals surface area contributed by atoms with Crippen molar-refractivity contribution in [1.29, 1.82) is 0 Å². The lowest BCUT2D eigenvalue weighted by Gasteiger charge is -1.93. The van der Waals surface area contributed by atoms with Gasteiger partial charge in [-0.25, -0.2) is 4.79 Å². The van der Waals surface area contributed by atoms with Gasteiger partial charge in [0.15, 0.2) is 0 Å². The van der Waals surface area contributed by atoms with Crippen LogP contribution in [0.15, 0.2) is 29.1 Å². The first-order valence-electron chi connectivity index (χ1n) is 2.61. The fraction of sp³-hybridized carbons (Fsp3) is 0. The van der Waals surface area contributed by atoms with Gasteiger partial charge in [-0.2, -0.15) is 0 Å². The van der Waals surface area contributed by atoms with Crippen LogP contribution in [-0.4, -0.2) is 17.3 Å². The van der Waals surface area contributed by atoms with Gasteiger partial charge in [-0.15, -0.1) is 0 Å². The van der Waals surface area contributed by atoms with Crippen molar-refractivity contribution in [2.75, 3.05) is 0 Å². The zero-order valence-corrected chi connectivity index (χ0v) is 5.02. The van der Waals surface area contributed by atoms with E-state index in [0.29, 0.717) is 0 Å². The molecule has 1 aliphatic rings. The number of carboxylic acid groups (broad SMARTS) is 1.